The van der Waals surface area contributed by atoms with E-state index in [-0.39, 0.29) is 51.4 Å². The molecule has 0 saturated heterocycles. The largest absolute Gasteiger partial charge is 1.00 e. The van der Waals surface area contributed by atoms with Crippen LogP contribution in [0.15, 0.2) is 0 Å². The number of carbonyl (C=O) groups is 1. The molecule has 0 rings (SSSR count). The molecular formula is C5H10KNO2. The summed E-state index contributed by atoms with van der Waals surface area (Å²) in [4.78, 5) is 9.76. The summed E-state index contributed by atoms with van der Waals surface area (Å²) in [6.45, 7) is 2.39. The Morgan fingerprint density at radius 1 is 1.67 bits per heavy atom. The first-order chi connectivity index (χ1) is 3.77. The SMILES string of the molecule is CCCCOC([NH-])=O.[K+]. The van der Waals surface area contributed by atoms with Crippen LogP contribution in [0.25, 0.3) is 5.73 Å². The van der Waals surface area contributed by atoms with Gasteiger partial charge in [-0.15, -0.1) is 0 Å². The Morgan fingerprint density at radius 2 is 2.22 bits per heavy atom. The molecule has 1 N–H and O–H groups in total. The summed E-state index contributed by atoms with van der Waals surface area (Å²) in [6, 6.07) is 0. The average molecular weight is 155 g/mol. The van der Waals surface area contributed by atoms with E-state index in [1.807, 2.05) is 6.92 Å². The molecule has 0 fully saturated rings. The summed E-state index contributed by atoms with van der Waals surface area (Å²) in [6.07, 6.45) is 0.913. The van der Waals surface area contributed by atoms with E-state index in [1.165, 1.54) is 0 Å². The number of unbranched alkanes of at least 4 members (excludes halogenated alkanes) is 1. The summed E-state index contributed by atoms with van der Waals surface area (Å²) < 4.78 is 4.31. The molecule has 0 aliphatic carbocycles. The molecule has 0 spiro atoms. The fourth-order valence-electron chi connectivity index (χ4n) is 0.309. The standard InChI is InChI=1S/C5H11NO2.K/c1-2-3-4-8-5(6)7;/h2-4H2,1H3,(H2,6,7);/q;+1/p-1. The minimum Gasteiger partial charge on any atom is -0.632 e. The Kier molecular flexibility index (Phi) is 12.4. The molecule has 0 aliphatic rings. The Bertz CT molecular complexity index is 77.4. The molecule has 48 valence electrons. The fourth-order valence-corrected chi connectivity index (χ4v) is 0.309. The van der Waals surface area contributed by atoms with Crippen LogP contribution in [-0.4, -0.2) is 12.7 Å². The molecule has 0 radical (unpaired) electrons. The average Bonchev–Trinajstić information content (AvgIpc) is 1.66. The van der Waals surface area contributed by atoms with Crippen molar-refractivity contribution in [3.8, 4) is 0 Å². The van der Waals surface area contributed by atoms with Crippen molar-refractivity contribution in [3.63, 3.8) is 0 Å². The Balaban J connectivity index is 0. The third-order valence-corrected chi connectivity index (χ3v) is 0.731. The number of rotatable bonds is 3. The van der Waals surface area contributed by atoms with Crippen molar-refractivity contribution < 1.29 is 60.9 Å². The van der Waals surface area contributed by atoms with E-state index in [1.54, 1.807) is 0 Å². The zero-order valence-corrected chi connectivity index (χ0v) is 9.06. The van der Waals surface area contributed by atoms with E-state index in [2.05, 4.69) is 4.74 Å². The molecule has 0 saturated carbocycles. The van der Waals surface area contributed by atoms with E-state index in [4.69, 9.17) is 5.73 Å². The summed E-state index contributed by atoms with van der Waals surface area (Å²) >= 11 is 0. The van der Waals surface area contributed by atoms with E-state index >= 15 is 0 Å². The number of carbonyl (C=O) groups excluding carboxylic acids is 1. The van der Waals surface area contributed by atoms with Crippen LogP contribution in [0.1, 0.15) is 19.8 Å². The van der Waals surface area contributed by atoms with Gasteiger partial charge in [-0.25, -0.2) is 0 Å². The van der Waals surface area contributed by atoms with Crippen LogP contribution in [0.5, 0.6) is 0 Å². The summed E-state index contributed by atoms with van der Waals surface area (Å²) in [7, 11) is 0. The van der Waals surface area contributed by atoms with Crippen LogP contribution in [-0.2, 0) is 4.74 Å². The Morgan fingerprint density at radius 3 is 2.56 bits per heavy atom. The number of nitrogens with one attached hydrogen (secondary N) is 1. The first kappa shape index (κ1) is 12.6. The third kappa shape index (κ3) is 12.2. The summed E-state index contributed by atoms with van der Waals surface area (Å²) in [5, 5.41) is 0. The predicted octanol–water partition coefficient (Wildman–Crippen LogP) is -1.02. The van der Waals surface area contributed by atoms with Crippen molar-refractivity contribution in [2.75, 3.05) is 6.61 Å². The smallest absolute Gasteiger partial charge is 0.632 e. The van der Waals surface area contributed by atoms with Gasteiger partial charge in [-0.1, -0.05) is 13.3 Å². The van der Waals surface area contributed by atoms with E-state index in [9.17, 15) is 4.79 Å². The minimum absolute atomic E-state index is 0. The topological polar surface area (TPSA) is 50.1 Å². The maximum Gasteiger partial charge on any atom is 1.00 e. The van der Waals surface area contributed by atoms with Gasteiger partial charge in [0.2, 0.25) is 6.09 Å². The van der Waals surface area contributed by atoms with E-state index < -0.39 is 6.09 Å². The molecule has 0 heterocycles. The number of hydrogen-bond acceptors (Lipinski definition) is 2. The van der Waals surface area contributed by atoms with E-state index in [0.29, 0.717) is 6.61 Å². The van der Waals surface area contributed by atoms with Crippen LogP contribution in [0.2, 0.25) is 0 Å². The Hall–Kier alpha value is 0.906. The molecule has 0 aliphatic heterocycles. The second-order valence-electron chi connectivity index (χ2n) is 1.49. The fraction of sp³-hybridized carbons (Fsp3) is 0.800. The van der Waals surface area contributed by atoms with Gasteiger partial charge in [0.15, 0.2) is 0 Å². The van der Waals surface area contributed by atoms with Gasteiger partial charge in [0.1, 0.15) is 0 Å². The van der Waals surface area contributed by atoms with Crippen LogP contribution in [0.3, 0.4) is 0 Å². The third-order valence-electron chi connectivity index (χ3n) is 0.731. The van der Waals surface area contributed by atoms with Gasteiger partial charge in [-0.3, -0.25) is 4.79 Å². The van der Waals surface area contributed by atoms with Crippen LogP contribution in [0.4, 0.5) is 4.79 Å². The van der Waals surface area contributed by atoms with Gasteiger partial charge in [0.25, 0.3) is 0 Å². The molecule has 0 unspecified atom stereocenters. The molecule has 0 aromatic carbocycles. The van der Waals surface area contributed by atoms with Crippen molar-refractivity contribution in [3.05, 3.63) is 5.73 Å². The van der Waals surface area contributed by atoms with Crippen LogP contribution in [0, 0.1) is 0 Å². The predicted molar refractivity (Wildman–Crippen MR) is 30.6 cm³/mol. The Labute approximate surface area is 97.7 Å². The molecular weight excluding hydrogens is 145 g/mol. The first-order valence-corrected chi connectivity index (χ1v) is 2.65. The normalized spacial score (nSPS) is 7.67. The van der Waals surface area contributed by atoms with Crippen molar-refractivity contribution in [2.45, 2.75) is 19.8 Å². The monoisotopic (exact) mass is 155 g/mol. The van der Waals surface area contributed by atoms with Crippen molar-refractivity contribution in [2.24, 2.45) is 0 Å². The molecule has 1 amide bonds. The quantitative estimate of drug-likeness (QED) is 0.387. The molecule has 0 atom stereocenters. The van der Waals surface area contributed by atoms with Crippen LogP contribution < -0.4 is 51.4 Å². The summed E-state index contributed by atoms with van der Waals surface area (Å²) in [5.74, 6) is 0. The number of hydrogen-bond donors (Lipinski definition) is 0. The molecule has 3 nitrogen and oxygen atoms in total. The minimum atomic E-state index is -0.932. The summed E-state index contributed by atoms with van der Waals surface area (Å²) in [5.41, 5.74) is 6.29. The number of amides is 1. The van der Waals surface area contributed by atoms with Gasteiger partial charge in [0, 0.05) is 0 Å². The van der Waals surface area contributed by atoms with Crippen LogP contribution >= 0.6 is 0 Å². The van der Waals surface area contributed by atoms with Gasteiger partial charge in [-0.05, 0) is 6.42 Å². The first-order valence-electron chi connectivity index (χ1n) is 2.65. The maximum atomic E-state index is 9.76. The molecule has 0 aromatic heterocycles. The van der Waals surface area contributed by atoms with Gasteiger partial charge in [-0.2, -0.15) is 0 Å². The van der Waals surface area contributed by atoms with Crippen molar-refractivity contribution >= 4 is 6.09 Å². The maximum absolute atomic E-state index is 9.76. The molecule has 4 heteroatoms. The van der Waals surface area contributed by atoms with Gasteiger partial charge < -0.3 is 10.5 Å². The van der Waals surface area contributed by atoms with Gasteiger partial charge in [0.05, 0.1) is 6.61 Å². The molecule has 9 heavy (non-hydrogen) atoms. The molecule has 0 aromatic rings. The zero-order chi connectivity index (χ0) is 6.41. The second kappa shape index (κ2) is 8.91. The van der Waals surface area contributed by atoms with Crippen molar-refractivity contribution in [1.29, 1.82) is 0 Å². The van der Waals surface area contributed by atoms with E-state index in [0.717, 1.165) is 12.8 Å². The zero-order valence-electron chi connectivity index (χ0n) is 5.94. The second-order valence-corrected chi connectivity index (χ2v) is 1.49. The van der Waals surface area contributed by atoms with Crippen molar-refractivity contribution in [1.82, 2.24) is 0 Å². The molecule has 0 bridgehead atoms. The number of ether oxygens (including phenoxy) is 1. The van der Waals surface area contributed by atoms with Gasteiger partial charge >= 0.3 is 51.4 Å².